The fourth-order valence-corrected chi connectivity index (χ4v) is 4.06. The second-order valence-corrected chi connectivity index (χ2v) is 7.37. The van der Waals surface area contributed by atoms with Gasteiger partial charge in [0.25, 0.3) is 0 Å². The van der Waals surface area contributed by atoms with Crippen molar-refractivity contribution in [2.24, 2.45) is 0 Å². The van der Waals surface area contributed by atoms with E-state index in [4.69, 9.17) is 16.7 Å². The molecule has 2 aromatic carbocycles. The second-order valence-electron chi connectivity index (χ2n) is 6.99. The number of H-pyrrole nitrogens is 1. The Balaban J connectivity index is 1.83. The van der Waals surface area contributed by atoms with Crippen molar-refractivity contribution in [3.8, 4) is 11.3 Å². The standard InChI is InChI=1S/C21H14ClF3N2O3/c22-18-13(24)7-6-12(23)17(18)20(28)11-2-1-3-15-16(11)19(27-26-15)10-5-4-9(21(29)30)8-14(10)25/h4-8,11H,1-3H2,(H,26,27)(H,29,30). The Bertz CT molecular complexity index is 1190. The number of carbonyl (C=O) groups excluding carboxylic acids is 1. The average molecular weight is 435 g/mol. The molecule has 0 amide bonds. The van der Waals surface area contributed by atoms with Crippen LogP contribution in [0.2, 0.25) is 5.02 Å². The summed E-state index contributed by atoms with van der Waals surface area (Å²) in [7, 11) is 0. The molecule has 0 saturated heterocycles. The van der Waals surface area contributed by atoms with E-state index in [9.17, 15) is 22.8 Å². The number of nitrogens with zero attached hydrogens (tertiary/aromatic N) is 1. The zero-order valence-corrected chi connectivity index (χ0v) is 16.1. The Morgan fingerprint density at radius 3 is 2.53 bits per heavy atom. The highest BCUT2D eigenvalue weighted by Gasteiger charge is 2.35. The highest BCUT2D eigenvalue weighted by molar-refractivity contribution is 6.34. The summed E-state index contributed by atoms with van der Waals surface area (Å²) < 4.78 is 42.8. The van der Waals surface area contributed by atoms with Crippen LogP contribution in [0.1, 0.15) is 50.7 Å². The van der Waals surface area contributed by atoms with Crippen molar-refractivity contribution in [3.63, 3.8) is 0 Å². The summed E-state index contributed by atoms with van der Waals surface area (Å²) in [5, 5.41) is 15.3. The maximum atomic E-state index is 14.6. The molecular formula is C21H14ClF3N2O3. The van der Waals surface area contributed by atoms with Crippen molar-refractivity contribution in [2.45, 2.75) is 25.2 Å². The fourth-order valence-electron chi connectivity index (χ4n) is 3.81. The number of aromatic carboxylic acids is 1. The summed E-state index contributed by atoms with van der Waals surface area (Å²) in [5.41, 5.74) is 0.316. The van der Waals surface area contributed by atoms with Gasteiger partial charge < -0.3 is 5.11 Å². The molecule has 30 heavy (non-hydrogen) atoms. The molecular weight excluding hydrogens is 421 g/mol. The first-order chi connectivity index (χ1) is 14.3. The molecule has 0 fully saturated rings. The van der Waals surface area contributed by atoms with Crippen LogP contribution in [0, 0.1) is 17.5 Å². The van der Waals surface area contributed by atoms with Crippen LogP contribution >= 0.6 is 11.6 Å². The van der Waals surface area contributed by atoms with Crippen molar-refractivity contribution in [2.75, 3.05) is 0 Å². The van der Waals surface area contributed by atoms with E-state index in [-0.39, 0.29) is 16.8 Å². The van der Waals surface area contributed by atoms with Gasteiger partial charge in [0.2, 0.25) is 0 Å². The molecule has 9 heteroatoms. The normalized spacial score (nSPS) is 15.7. The third-order valence-corrected chi connectivity index (χ3v) is 5.60. The number of ketones is 1. The lowest BCUT2D eigenvalue weighted by atomic mass is 9.79. The Hall–Kier alpha value is -3.13. The van der Waals surface area contributed by atoms with Crippen LogP contribution in [0.25, 0.3) is 11.3 Å². The lowest BCUT2D eigenvalue weighted by Crippen LogP contribution is -2.20. The number of carboxylic acid groups (broad SMARTS) is 1. The first kappa shape index (κ1) is 20.2. The number of Topliss-reactive ketones (excluding diaryl/α,β-unsaturated/α-hetero) is 1. The first-order valence-electron chi connectivity index (χ1n) is 9.07. The van der Waals surface area contributed by atoms with Gasteiger partial charge in [0.15, 0.2) is 5.78 Å². The largest absolute Gasteiger partial charge is 0.478 e. The van der Waals surface area contributed by atoms with Crippen molar-refractivity contribution in [1.29, 1.82) is 0 Å². The SMILES string of the molecule is O=C(O)c1ccc(-c2n[nH]c3c2C(C(=O)c2c(F)ccc(F)c2Cl)CCC3)c(F)c1. The molecule has 0 bridgehead atoms. The van der Waals surface area contributed by atoms with Gasteiger partial charge in [-0.1, -0.05) is 11.6 Å². The Labute approximate surface area is 173 Å². The van der Waals surface area contributed by atoms with Crippen LogP contribution in [0.5, 0.6) is 0 Å². The molecule has 154 valence electrons. The number of carbonyl (C=O) groups is 2. The third kappa shape index (κ3) is 3.27. The summed E-state index contributed by atoms with van der Waals surface area (Å²) in [6.07, 6.45) is 1.44. The number of benzene rings is 2. The van der Waals surface area contributed by atoms with Crippen molar-refractivity contribution >= 4 is 23.4 Å². The fraction of sp³-hybridized carbons (Fsp3) is 0.190. The van der Waals surface area contributed by atoms with E-state index in [0.717, 1.165) is 18.2 Å². The predicted octanol–water partition coefficient (Wildman–Crippen LogP) is 5.15. The highest BCUT2D eigenvalue weighted by Crippen LogP contribution is 2.41. The lowest BCUT2D eigenvalue weighted by molar-refractivity contribution is 0.0696. The second kappa shape index (κ2) is 7.60. The predicted molar refractivity (Wildman–Crippen MR) is 102 cm³/mol. The molecule has 0 aliphatic heterocycles. The Kier molecular flexibility index (Phi) is 5.11. The number of aryl methyl sites for hydroxylation is 1. The van der Waals surface area contributed by atoms with Crippen LogP contribution in [0.15, 0.2) is 30.3 Å². The van der Waals surface area contributed by atoms with E-state index in [1.54, 1.807) is 0 Å². The van der Waals surface area contributed by atoms with Gasteiger partial charge in [-0.2, -0.15) is 5.10 Å². The number of aromatic nitrogens is 2. The molecule has 1 aliphatic rings. The number of hydrogen-bond acceptors (Lipinski definition) is 3. The summed E-state index contributed by atoms with van der Waals surface area (Å²) >= 11 is 5.87. The Morgan fingerprint density at radius 2 is 1.83 bits per heavy atom. The van der Waals surface area contributed by atoms with Crippen LogP contribution < -0.4 is 0 Å². The van der Waals surface area contributed by atoms with Gasteiger partial charge in [-0.15, -0.1) is 0 Å². The molecule has 0 spiro atoms. The molecule has 1 aromatic heterocycles. The molecule has 4 rings (SSSR count). The minimum Gasteiger partial charge on any atom is -0.478 e. The summed E-state index contributed by atoms with van der Waals surface area (Å²) in [6, 6.07) is 5.02. The Morgan fingerprint density at radius 1 is 1.10 bits per heavy atom. The van der Waals surface area contributed by atoms with Gasteiger partial charge in [-0.3, -0.25) is 9.89 Å². The number of nitrogens with one attached hydrogen (secondary N) is 1. The van der Waals surface area contributed by atoms with Gasteiger partial charge >= 0.3 is 5.97 Å². The van der Waals surface area contributed by atoms with E-state index in [0.29, 0.717) is 30.5 Å². The zero-order valence-electron chi connectivity index (χ0n) is 15.3. The maximum absolute atomic E-state index is 14.6. The first-order valence-corrected chi connectivity index (χ1v) is 9.45. The number of carboxylic acids is 1. The molecule has 1 atom stereocenters. The average Bonchev–Trinajstić information content (AvgIpc) is 3.15. The topological polar surface area (TPSA) is 83.0 Å². The van der Waals surface area contributed by atoms with Crippen LogP contribution in [0.3, 0.4) is 0 Å². The summed E-state index contributed by atoms with van der Waals surface area (Å²) in [5.74, 6) is -5.59. The molecule has 3 aromatic rings. The molecule has 1 heterocycles. The van der Waals surface area contributed by atoms with Gasteiger partial charge in [0, 0.05) is 16.8 Å². The van der Waals surface area contributed by atoms with Crippen LogP contribution in [-0.4, -0.2) is 27.1 Å². The number of hydrogen-bond donors (Lipinski definition) is 2. The van der Waals surface area contributed by atoms with Gasteiger partial charge in [0.05, 0.1) is 27.8 Å². The minimum atomic E-state index is -1.28. The molecule has 2 N–H and O–H groups in total. The molecule has 5 nitrogen and oxygen atoms in total. The monoisotopic (exact) mass is 434 g/mol. The van der Waals surface area contributed by atoms with Crippen molar-refractivity contribution in [1.82, 2.24) is 10.2 Å². The molecule has 0 saturated carbocycles. The van der Waals surface area contributed by atoms with Gasteiger partial charge in [-0.25, -0.2) is 18.0 Å². The smallest absolute Gasteiger partial charge is 0.335 e. The van der Waals surface area contributed by atoms with Crippen molar-refractivity contribution < 1.29 is 27.9 Å². The number of fused-ring (bicyclic) bond motifs is 1. The zero-order chi connectivity index (χ0) is 21.6. The van der Waals surface area contributed by atoms with E-state index in [2.05, 4.69) is 10.2 Å². The molecule has 0 radical (unpaired) electrons. The lowest BCUT2D eigenvalue weighted by Gasteiger charge is -2.23. The van der Waals surface area contributed by atoms with Crippen LogP contribution in [-0.2, 0) is 6.42 Å². The quantitative estimate of drug-likeness (QED) is 0.439. The van der Waals surface area contributed by atoms with E-state index < -0.39 is 45.7 Å². The summed E-state index contributed by atoms with van der Waals surface area (Å²) in [4.78, 5) is 24.2. The number of aromatic amines is 1. The van der Waals surface area contributed by atoms with E-state index in [1.807, 2.05) is 0 Å². The number of halogens is 4. The minimum absolute atomic E-state index is 0.00279. The van der Waals surface area contributed by atoms with Gasteiger partial charge in [-0.05, 0) is 49.6 Å². The molecule has 1 unspecified atom stereocenters. The molecule has 1 aliphatic carbocycles. The third-order valence-electron chi connectivity index (χ3n) is 5.23. The van der Waals surface area contributed by atoms with Crippen LogP contribution in [0.4, 0.5) is 13.2 Å². The number of rotatable bonds is 4. The maximum Gasteiger partial charge on any atom is 0.335 e. The highest BCUT2D eigenvalue weighted by atomic mass is 35.5. The summed E-state index contributed by atoms with van der Waals surface area (Å²) in [6.45, 7) is 0. The van der Waals surface area contributed by atoms with E-state index in [1.165, 1.54) is 12.1 Å². The van der Waals surface area contributed by atoms with Gasteiger partial charge in [0.1, 0.15) is 17.5 Å². The van der Waals surface area contributed by atoms with Crippen molar-refractivity contribution in [3.05, 3.63) is 75.2 Å². The van der Waals surface area contributed by atoms with E-state index >= 15 is 0 Å².